The molecule has 1 fully saturated rings. The highest BCUT2D eigenvalue weighted by Crippen LogP contribution is 2.33. The summed E-state index contributed by atoms with van der Waals surface area (Å²) in [6, 6.07) is 14.0. The number of nitrogens with one attached hydrogen (secondary N) is 2. The van der Waals surface area contributed by atoms with E-state index < -0.39 is 23.4 Å². The highest BCUT2D eigenvalue weighted by Gasteiger charge is 2.51. The first kappa shape index (κ1) is 22.3. The van der Waals surface area contributed by atoms with E-state index in [1.807, 2.05) is 31.2 Å². The van der Waals surface area contributed by atoms with E-state index in [4.69, 9.17) is 4.74 Å². The number of hydrogen-bond donors (Lipinski definition) is 2. The summed E-state index contributed by atoms with van der Waals surface area (Å²) in [5.74, 6) is 0.0791. The molecule has 0 saturated carbocycles. The number of rotatable bonds is 8. The molecule has 2 atom stereocenters. The molecule has 0 spiro atoms. The van der Waals surface area contributed by atoms with Crippen LogP contribution in [0, 0.1) is 0 Å². The second kappa shape index (κ2) is 9.20. The largest absolute Gasteiger partial charge is 0.497 e. The molecule has 0 unspecified atom stereocenters. The van der Waals surface area contributed by atoms with Crippen LogP contribution in [-0.2, 0) is 15.1 Å². The van der Waals surface area contributed by atoms with Crippen molar-refractivity contribution in [1.29, 1.82) is 0 Å². The molecule has 0 bridgehead atoms. The number of nitrogens with zero attached hydrogens (tertiary/aromatic N) is 1. The van der Waals surface area contributed by atoms with Crippen LogP contribution >= 0.6 is 0 Å². The molecule has 2 aromatic rings. The van der Waals surface area contributed by atoms with Gasteiger partial charge in [0.05, 0.1) is 7.11 Å². The van der Waals surface area contributed by atoms with Gasteiger partial charge in [-0.2, -0.15) is 0 Å². The molecule has 7 heteroatoms. The molecule has 31 heavy (non-hydrogen) atoms. The Morgan fingerprint density at radius 2 is 1.81 bits per heavy atom. The second-order valence-corrected chi connectivity index (χ2v) is 7.75. The third-order valence-electron chi connectivity index (χ3n) is 5.97. The van der Waals surface area contributed by atoms with Crippen LogP contribution in [0.5, 0.6) is 5.75 Å². The molecule has 0 aliphatic carbocycles. The maximum Gasteiger partial charge on any atom is 0.325 e. The minimum absolute atomic E-state index is 0.274. The highest BCUT2D eigenvalue weighted by molar-refractivity contribution is 6.10. The fourth-order valence-corrected chi connectivity index (χ4v) is 3.88. The van der Waals surface area contributed by atoms with E-state index in [1.54, 1.807) is 31.4 Å². The SMILES string of the molecule is CC[C@H](C)c1ccccc1NC(=O)CN1C(=O)N[C@](CC)(c2ccc(OC)cc2)C1=O. The Labute approximate surface area is 182 Å². The maximum atomic E-state index is 13.3. The number of anilines is 1. The van der Waals surface area contributed by atoms with E-state index in [0.717, 1.165) is 16.9 Å². The highest BCUT2D eigenvalue weighted by atomic mass is 16.5. The smallest absolute Gasteiger partial charge is 0.325 e. The number of amides is 4. The Kier molecular flexibility index (Phi) is 6.63. The molecule has 1 heterocycles. The molecule has 1 aliphatic rings. The van der Waals surface area contributed by atoms with Crippen molar-refractivity contribution in [2.24, 2.45) is 0 Å². The van der Waals surface area contributed by atoms with E-state index in [0.29, 0.717) is 23.4 Å². The van der Waals surface area contributed by atoms with Crippen LogP contribution in [0.15, 0.2) is 48.5 Å². The molecule has 3 rings (SSSR count). The zero-order valence-corrected chi connectivity index (χ0v) is 18.4. The molecular weight excluding hydrogens is 394 g/mol. The van der Waals surface area contributed by atoms with Gasteiger partial charge < -0.3 is 15.4 Å². The van der Waals surface area contributed by atoms with Crippen molar-refractivity contribution < 1.29 is 19.1 Å². The van der Waals surface area contributed by atoms with Crippen LogP contribution in [-0.4, -0.2) is 36.4 Å². The van der Waals surface area contributed by atoms with Gasteiger partial charge >= 0.3 is 6.03 Å². The van der Waals surface area contributed by atoms with E-state index in [-0.39, 0.29) is 12.5 Å². The van der Waals surface area contributed by atoms with Gasteiger partial charge in [-0.25, -0.2) is 4.79 Å². The predicted molar refractivity (Wildman–Crippen MR) is 119 cm³/mol. The monoisotopic (exact) mass is 423 g/mol. The summed E-state index contributed by atoms with van der Waals surface area (Å²) >= 11 is 0. The Bertz CT molecular complexity index is 973. The van der Waals surface area contributed by atoms with Gasteiger partial charge in [0.15, 0.2) is 0 Å². The van der Waals surface area contributed by atoms with Crippen molar-refractivity contribution in [3.63, 3.8) is 0 Å². The standard InChI is InChI=1S/C24H29N3O4/c1-5-16(3)19-9-7-8-10-20(19)25-21(28)15-27-22(29)24(6-2,26-23(27)30)17-11-13-18(31-4)14-12-17/h7-14,16H,5-6,15H2,1-4H3,(H,25,28)(H,26,30)/t16-,24+/m0/s1. The zero-order valence-electron chi connectivity index (χ0n) is 18.4. The maximum absolute atomic E-state index is 13.3. The topological polar surface area (TPSA) is 87.7 Å². The number of imide groups is 1. The van der Waals surface area contributed by atoms with Crippen molar-refractivity contribution in [2.45, 2.75) is 45.1 Å². The molecule has 7 nitrogen and oxygen atoms in total. The molecule has 164 valence electrons. The summed E-state index contributed by atoms with van der Waals surface area (Å²) in [7, 11) is 1.56. The Morgan fingerprint density at radius 1 is 1.13 bits per heavy atom. The molecule has 4 amide bonds. The number of hydrogen-bond acceptors (Lipinski definition) is 4. The fourth-order valence-electron chi connectivity index (χ4n) is 3.88. The molecule has 2 N–H and O–H groups in total. The van der Waals surface area contributed by atoms with Crippen LogP contribution in [0.4, 0.5) is 10.5 Å². The minimum Gasteiger partial charge on any atom is -0.497 e. The minimum atomic E-state index is -1.20. The third kappa shape index (κ3) is 4.26. The number of para-hydroxylation sites is 1. The lowest BCUT2D eigenvalue weighted by molar-refractivity contribution is -0.134. The van der Waals surface area contributed by atoms with E-state index >= 15 is 0 Å². The average molecular weight is 424 g/mol. The van der Waals surface area contributed by atoms with Crippen LogP contribution in [0.2, 0.25) is 0 Å². The zero-order chi connectivity index (χ0) is 22.6. The van der Waals surface area contributed by atoms with Gasteiger partial charge in [0.2, 0.25) is 5.91 Å². The van der Waals surface area contributed by atoms with Gasteiger partial charge in [0.1, 0.15) is 17.8 Å². The summed E-state index contributed by atoms with van der Waals surface area (Å²) in [4.78, 5) is 39.6. The fraction of sp³-hybridized carbons (Fsp3) is 0.375. The Hall–Kier alpha value is -3.35. The first-order chi connectivity index (χ1) is 14.9. The van der Waals surface area contributed by atoms with Crippen LogP contribution < -0.4 is 15.4 Å². The van der Waals surface area contributed by atoms with Gasteiger partial charge in [0, 0.05) is 5.69 Å². The number of methoxy groups -OCH3 is 1. The molecular formula is C24H29N3O4. The lowest BCUT2D eigenvalue weighted by atomic mass is 9.87. The Morgan fingerprint density at radius 3 is 2.42 bits per heavy atom. The number of ether oxygens (including phenoxy) is 1. The number of carbonyl (C=O) groups is 3. The molecule has 1 aliphatic heterocycles. The number of carbonyl (C=O) groups excluding carboxylic acids is 3. The van der Waals surface area contributed by atoms with Crippen molar-refractivity contribution in [2.75, 3.05) is 19.0 Å². The second-order valence-electron chi connectivity index (χ2n) is 7.75. The number of benzene rings is 2. The van der Waals surface area contributed by atoms with Crippen LogP contribution in [0.25, 0.3) is 0 Å². The van der Waals surface area contributed by atoms with E-state index in [9.17, 15) is 14.4 Å². The molecule has 1 saturated heterocycles. The third-order valence-corrected chi connectivity index (χ3v) is 5.97. The van der Waals surface area contributed by atoms with Gasteiger partial charge in [-0.05, 0) is 48.1 Å². The quantitative estimate of drug-likeness (QED) is 0.628. The molecule has 2 aromatic carbocycles. The van der Waals surface area contributed by atoms with Crippen molar-refractivity contribution in [3.05, 3.63) is 59.7 Å². The van der Waals surface area contributed by atoms with E-state index in [1.165, 1.54) is 0 Å². The summed E-state index contributed by atoms with van der Waals surface area (Å²) in [5.41, 5.74) is 1.18. The van der Waals surface area contributed by atoms with Crippen molar-refractivity contribution >= 4 is 23.5 Å². The summed E-state index contributed by atoms with van der Waals surface area (Å²) in [6.45, 7) is 5.65. The van der Waals surface area contributed by atoms with Gasteiger partial charge in [-0.15, -0.1) is 0 Å². The van der Waals surface area contributed by atoms with Gasteiger partial charge in [-0.1, -0.05) is 51.1 Å². The first-order valence-corrected chi connectivity index (χ1v) is 10.5. The van der Waals surface area contributed by atoms with Gasteiger partial charge in [-0.3, -0.25) is 14.5 Å². The summed E-state index contributed by atoms with van der Waals surface area (Å²) in [6.07, 6.45) is 1.29. The lowest BCUT2D eigenvalue weighted by Crippen LogP contribution is -2.44. The lowest BCUT2D eigenvalue weighted by Gasteiger charge is -2.26. The molecule has 0 aromatic heterocycles. The van der Waals surface area contributed by atoms with Crippen molar-refractivity contribution in [3.8, 4) is 5.75 Å². The average Bonchev–Trinajstić information content (AvgIpc) is 3.04. The molecule has 0 radical (unpaired) electrons. The predicted octanol–water partition coefficient (Wildman–Crippen LogP) is 4.00. The van der Waals surface area contributed by atoms with Crippen molar-refractivity contribution in [1.82, 2.24) is 10.2 Å². The van der Waals surface area contributed by atoms with Crippen LogP contribution in [0.3, 0.4) is 0 Å². The first-order valence-electron chi connectivity index (χ1n) is 10.5. The normalized spacial score (nSPS) is 19.2. The Balaban J connectivity index is 1.79. The van der Waals surface area contributed by atoms with E-state index in [2.05, 4.69) is 24.5 Å². The number of urea groups is 1. The summed E-state index contributed by atoms with van der Waals surface area (Å²) in [5, 5.41) is 5.66. The van der Waals surface area contributed by atoms with Gasteiger partial charge in [0.25, 0.3) is 5.91 Å². The summed E-state index contributed by atoms with van der Waals surface area (Å²) < 4.78 is 5.18. The van der Waals surface area contributed by atoms with Crippen LogP contribution in [0.1, 0.15) is 50.7 Å².